The second kappa shape index (κ2) is 5.73. The van der Waals surface area contributed by atoms with Crippen molar-refractivity contribution < 1.29 is 9.45 Å². The summed E-state index contributed by atoms with van der Waals surface area (Å²) in [6, 6.07) is 10.3. The molecule has 3 rings (SSSR count). The summed E-state index contributed by atoms with van der Waals surface area (Å²) in [7, 11) is 0. The van der Waals surface area contributed by atoms with Crippen molar-refractivity contribution in [1.29, 1.82) is 0 Å². The molecule has 2 aromatic carbocycles. The molecule has 112 valence electrons. The van der Waals surface area contributed by atoms with Crippen LogP contribution >= 0.6 is 0 Å². The highest BCUT2D eigenvalue weighted by Gasteiger charge is 2.23. The minimum atomic E-state index is 0.133. The molecule has 1 aliphatic heterocycles. The molecule has 0 unspecified atom stereocenters. The van der Waals surface area contributed by atoms with Crippen molar-refractivity contribution in [3.63, 3.8) is 0 Å². The first kappa shape index (κ1) is 15.0. The fraction of sp³-hybridized carbons (Fsp3) is 0.316. The van der Waals surface area contributed by atoms with E-state index < -0.39 is 0 Å². The van der Waals surface area contributed by atoms with E-state index in [0.717, 1.165) is 16.7 Å². The molecule has 0 aromatic heterocycles. The zero-order chi connectivity index (χ0) is 15.9. The number of hydrogen-bond acceptors (Lipinski definition) is 2. The van der Waals surface area contributed by atoms with E-state index in [1.54, 1.807) is 0 Å². The van der Waals surface area contributed by atoms with Crippen molar-refractivity contribution in [1.82, 2.24) is 0 Å². The molecule has 0 amide bonds. The van der Waals surface area contributed by atoms with Crippen molar-refractivity contribution in [2.24, 2.45) is 0 Å². The van der Waals surface area contributed by atoms with Gasteiger partial charge in [0.1, 0.15) is 0 Å². The minimum absolute atomic E-state index is 0.133. The summed E-state index contributed by atoms with van der Waals surface area (Å²) in [5, 5.41) is 0. The maximum atomic E-state index is 12.6. The molecule has 0 saturated carbocycles. The molecular weight excluding hydrogens is 271 g/mol. The highest BCUT2D eigenvalue weighted by atomic mass is 16.4. The first-order valence-electron chi connectivity index (χ1n) is 7.80. The molecule has 0 radical (unpaired) electrons. The normalized spacial score (nSPS) is 13.4. The van der Waals surface area contributed by atoms with Crippen LogP contribution in [0.3, 0.4) is 0 Å². The molecule has 0 saturated heterocycles. The fourth-order valence-electron chi connectivity index (χ4n) is 3.11. The maximum absolute atomic E-state index is 12.6. The van der Waals surface area contributed by atoms with Crippen molar-refractivity contribution in [2.75, 3.05) is 0 Å². The Kier molecular flexibility index (Phi) is 3.92. The first-order valence-corrected chi connectivity index (χ1v) is 7.80. The lowest BCUT2D eigenvalue weighted by atomic mass is 9.64. The van der Waals surface area contributed by atoms with Crippen LogP contribution in [0.5, 0.6) is 0 Å². The van der Waals surface area contributed by atoms with Gasteiger partial charge in [0.05, 0.1) is 6.61 Å². The van der Waals surface area contributed by atoms with Gasteiger partial charge in [-0.2, -0.15) is 0 Å². The van der Waals surface area contributed by atoms with Crippen molar-refractivity contribution in [2.45, 2.75) is 40.6 Å². The summed E-state index contributed by atoms with van der Waals surface area (Å²) in [4.78, 5) is 12.6. The second-order valence-electron chi connectivity index (χ2n) is 6.27. The van der Waals surface area contributed by atoms with Crippen molar-refractivity contribution in [3.05, 3.63) is 63.7 Å². The summed E-state index contributed by atoms with van der Waals surface area (Å²) < 4.78 is 5.63. The zero-order valence-electron chi connectivity index (χ0n) is 13.7. The average Bonchev–Trinajstić information content (AvgIpc) is 2.86. The van der Waals surface area contributed by atoms with Gasteiger partial charge in [-0.15, -0.1) is 0 Å². The molecule has 1 aliphatic rings. The van der Waals surface area contributed by atoms with Gasteiger partial charge in [-0.1, -0.05) is 37.2 Å². The average molecular weight is 292 g/mol. The largest absolute Gasteiger partial charge is 0.427 e. The zero-order valence-corrected chi connectivity index (χ0v) is 13.7. The summed E-state index contributed by atoms with van der Waals surface area (Å²) in [5.74, 6) is 0.187. The third-order valence-corrected chi connectivity index (χ3v) is 4.86. The van der Waals surface area contributed by atoms with E-state index in [2.05, 4.69) is 38.9 Å². The van der Waals surface area contributed by atoms with Crippen LogP contribution in [0.25, 0.3) is 0 Å². The van der Waals surface area contributed by atoms with Gasteiger partial charge in [0.25, 0.3) is 0 Å². The maximum Gasteiger partial charge on any atom is 0.324 e. The number of benzene rings is 2. The van der Waals surface area contributed by atoms with Gasteiger partial charge in [0, 0.05) is 12.0 Å². The van der Waals surface area contributed by atoms with E-state index in [0.29, 0.717) is 13.0 Å². The standard InChI is InChI=1S/C19H21BO2/c1-12-5-8-17(14(3)13(12)2)19(21)10-15-6-7-16-11-22-20(4)18(16)9-15/h5-9H,10-11H2,1-4H3. The molecule has 22 heavy (non-hydrogen) atoms. The molecule has 1 heterocycles. The van der Waals surface area contributed by atoms with Gasteiger partial charge in [-0.25, -0.2) is 0 Å². The van der Waals surface area contributed by atoms with E-state index >= 15 is 0 Å². The molecule has 0 bridgehead atoms. The fourth-order valence-corrected chi connectivity index (χ4v) is 3.11. The molecule has 0 spiro atoms. The van der Waals surface area contributed by atoms with E-state index in [9.17, 15) is 4.79 Å². The Morgan fingerprint density at radius 2 is 1.91 bits per heavy atom. The molecule has 2 aromatic rings. The number of carbonyl (C=O) groups is 1. The predicted molar refractivity (Wildman–Crippen MR) is 91.2 cm³/mol. The van der Waals surface area contributed by atoms with Crippen LogP contribution in [0.2, 0.25) is 6.82 Å². The molecule has 0 N–H and O–H groups in total. The number of Topliss-reactive ketones (excluding diaryl/α,β-unsaturated/α-hetero) is 1. The Morgan fingerprint density at radius 3 is 2.68 bits per heavy atom. The second-order valence-corrected chi connectivity index (χ2v) is 6.27. The Morgan fingerprint density at radius 1 is 1.14 bits per heavy atom. The highest BCUT2D eigenvalue weighted by Crippen LogP contribution is 2.20. The van der Waals surface area contributed by atoms with Gasteiger partial charge < -0.3 is 4.65 Å². The van der Waals surface area contributed by atoms with E-state index in [4.69, 9.17) is 4.65 Å². The Hall–Kier alpha value is -1.87. The molecule has 0 atom stereocenters. The monoisotopic (exact) mass is 292 g/mol. The van der Waals surface area contributed by atoms with Gasteiger partial charge in [-0.3, -0.25) is 4.79 Å². The number of rotatable bonds is 3. The van der Waals surface area contributed by atoms with Crippen LogP contribution in [-0.4, -0.2) is 12.7 Å². The lowest BCUT2D eigenvalue weighted by Crippen LogP contribution is -2.25. The smallest absolute Gasteiger partial charge is 0.324 e. The quantitative estimate of drug-likeness (QED) is 0.640. The molecule has 2 nitrogen and oxygen atoms in total. The third kappa shape index (κ3) is 2.61. The van der Waals surface area contributed by atoms with Gasteiger partial charge in [0.15, 0.2) is 5.78 Å². The van der Waals surface area contributed by atoms with E-state index in [1.807, 2.05) is 19.1 Å². The Bertz CT molecular complexity index is 749. The minimum Gasteiger partial charge on any atom is -0.427 e. The third-order valence-electron chi connectivity index (χ3n) is 4.86. The van der Waals surface area contributed by atoms with Crippen LogP contribution in [0.4, 0.5) is 0 Å². The number of carbonyl (C=O) groups excluding carboxylic acids is 1. The predicted octanol–water partition coefficient (Wildman–Crippen LogP) is 3.40. The van der Waals surface area contributed by atoms with Crippen LogP contribution < -0.4 is 5.46 Å². The van der Waals surface area contributed by atoms with Crippen molar-refractivity contribution in [3.8, 4) is 0 Å². The molecule has 0 aliphatic carbocycles. The van der Waals surface area contributed by atoms with Crippen LogP contribution in [0.15, 0.2) is 30.3 Å². The van der Waals surface area contributed by atoms with Gasteiger partial charge in [-0.05, 0) is 54.1 Å². The summed E-state index contributed by atoms with van der Waals surface area (Å²) >= 11 is 0. The lowest BCUT2D eigenvalue weighted by Gasteiger charge is -2.11. The number of ketones is 1. The Balaban J connectivity index is 1.86. The topological polar surface area (TPSA) is 26.3 Å². The van der Waals surface area contributed by atoms with E-state index in [1.165, 1.54) is 22.2 Å². The highest BCUT2D eigenvalue weighted by molar-refractivity contribution is 6.67. The molecular formula is C19H21BO2. The van der Waals surface area contributed by atoms with Crippen LogP contribution in [-0.2, 0) is 17.7 Å². The molecule has 3 heteroatoms. The summed E-state index contributed by atoms with van der Waals surface area (Å²) in [5.41, 5.74) is 7.92. The SMILES string of the molecule is CB1OCc2ccc(CC(=O)c3ccc(C)c(C)c3C)cc21. The van der Waals surface area contributed by atoms with E-state index in [-0.39, 0.29) is 12.7 Å². The summed E-state index contributed by atoms with van der Waals surface area (Å²) in [6.45, 7) is 9.07. The lowest BCUT2D eigenvalue weighted by molar-refractivity contribution is 0.0992. The van der Waals surface area contributed by atoms with Gasteiger partial charge in [0.2, 0.25) is 0 Å². The molecule has 0 fully saturated rings. The van der Waals surface area contributed by atoms with Crippen LogP contribution in [0, 0.1) is 20.8 Å². The Labute approximate surface area is 132 Å². The van der Waals surface area contributed by atoms with Gasteiger partial charge >= 0.3 is 6.92 Å². The number of aryl methyl sites for hydroxylation is 1. The number of fused-ring (bicyclic) bond motifs is 1. The first-order chi connectivity index (χ1) is 10.5. The number of hydrogen-bond donors (Lipinski definition) is 0. The summed E-state index contributed by atoms with van der Waals surface area (Å²) in [6.07, 6.45) is 0.448. The van der Waals surface area contributed by atoms with Crippen LogP contribution in [0.1, 0.15) is 38.2 Å². The van der Waals surface area contributed by atoms with Crippen molar-refractivity contribution >= 4 is 18.2 Å².